The van der Waals surface area contributed by atoms with Crippen molar-refractivity contribution in [3.63, 3.8) is 0 Å². The number of aromatic nitrogens is 2. The molecule has 5 fully saturated rings. The zero-order chi connectivity index (χ0) is 34.0. The van der Waals surface area contributed by atoms with Gasteiger partial charge in [-0.2, -0.15) is 5.10 Å². The summed E-state index contributed by atoms with van der Waals surface area (Å²) < 4.78 is 43.3. The number of ether oxygens (including phenoxy) is 2. The molecule has 13 heteroatoms. The third-order valence-electron chi connectivity index (χ3n) is 12.1. The highest BCUT2D eigenvalue weighted by Gasteiger charge is 2.51. The van der Waals surface area contributed by atoms with Crippen molar-refractivity contribution in [3.05, 3.63) is 41.5 Å². The molecule has 4 bridgehead atoms. The minimum absolute atomic E-state index is 0.0139. The fraction of sp³-hybridized carbons (Fsp3) is 0.722. The Kier molecular flexibility index (Phi) is 9.19. The maximum Gasteiger partial charge on any atom is 0.257 e. The van der Waals surface area contributed by atoms with Crippen molar-refractivity contribution in [3.8, 4) is 11.4 Å². The SMILES string of the molecule is CO[C@@H]1CN(C)C[C@@H]2C[C@@H](CN2C(=O)c2cnn3c2CC(C)Oc2cc(F)ccc2-3)NC2CCCC(N2)C2CC(F)CC3NC(C)N(C1)C32. The minimum Gasteiger partial charge on any atom is -0.488 e. The van der Waals surface area contributed by atoms with Crippen LogP contribution in [0.1, 0.15) is 68.4 Å². The fourth-order valence-corrected chi connectivity index (χ4v) is 10.0. The Labute approximate surface area is 288 Å². The van der Waals surface area contributed by atoms with E-state index in [0.717, 1.165) is 44.5 Å². The van der Waals surface area contributed by atoms with Crippen LogP contribution in [0.15, 0.2) is 24.4 Å². The van der Waals surface area contributed by atoms with Gasteiger partial charge in [0.15, 0.2) is 0 Å². The number of hydrogen-bond donors (Lipinski definition) is 3. The molecule has 49 heavy (non-hydrogen) atoms. The Bertz CT molecular complexity index is 1530. The van der Waals surface area contributed by atoms with Crippen molar-refractivity contribution in [2.24, 2.45) is 5.92 Å². The molecule has 2 aromatic rings. The number of benzene rings is 1. The quantitative estimate of drug-likeness (QED) is 0.442. The molecule has 268 valence electrons. The smallest absolute Gasteiger partial charge is 0.257 e. The number of alkyl halides is 1. The number of halogens is 2. The topological polar surface area (TPSA) is 99.2 Å². The van der Waals surface area contributed by atoms with Crippen molar-refractivity contribution in [2.75, 3.05) is 40.3 Å². The van der Waals surface area contributed by atoms with Gasteiger partial charge in [0.1, 0.15) is 29.5 Å². The van der Waals surface area contributed by atoms with Gasteiger partial charge in [0.2, 0.25) is 0 Å². The zero-order valence-corrected chi connectivity index (χ0v) is 29.2. The number of nitrogens with one attached hydrogen (secondary N) is 3. The Hall–Kier alpha value is -2.68. The second kappa shape index (κ2) is 13.5. The molecule has 1 amide bonds. The van der Waals surface area contributed by atoms with Gasteiger partial charge >= 0.3 is 0 Å². The maximum atomic E-state index is 15.3. The molecule has 5 aliphatic heterocycles. The second-order valence-corrected chi connectivity index (χ2v) is 15.6. The number of methoxy groups -OCH3 is 1. The second-order valence-electron chi connectivity index (χ2n) is 15.6. The molecule has 6 heterocycles. The van der Waals surface area contributed by atoms with Crippen LogP contribution in [0.4, 0.5) is 8.78 Å². The Morgan fingerprint density at radius 2 is 1.90 bits per heavy atom. The van der Waals surface area contributed by atoms with Gasteiger partial charge < -0.3 is 19.3 Å². The lowest BCUT2D eigenvalue weighted by Crippen LogP contribution is -2.61. The highest BCUT2D eigenvalue weighted by molar-refractivity contribution is 5.96. The molecule has 8 rings (SSSR count). The number of carbonyl (C=O) groups is 1. The van der Waals surface area contributed by atoms with E-state index in [1.807, 2.05) is 11.8 Å². The van der Waals surface area contributed by atoms with Crippen molar-refractivity contribution < 1.29 is 23.0 Å². The first-order chi connectivity index (χ1) is 23.6. The Morgan fingerprint density at radius 3 is 2.73 bits per heavy atom. The summed E-state index contributed by atoms with van der Waals surface area (Å²) in [5.41, 5.74) is 1.98. The molecular formula is C36H52F2N8O3. The summed E-state index contributed by atoms with van der Waals surface area (Å²) in [6, 6.07) is 5.16. The monoisotopic (exact) mass is 682 g/mol. The average Bonchev–Trinajstić information content (AvgIpc) is 3.72. The molecule has 8 unspecified atom stereocenters. The number of nitrogens with zero attached hydrogens (tertiary/aromatic N) is 5. The first kappa shape index (κ1) is 33.5. The van der Waals surface area contributed by atoms with Gasteiger partial charge in [-0.3, -0.25) is 25.6 Å². The molecule has 0 spiro atoms. The Morgan fingerprint density at radius 1 is 1.04 bits per heavy atom. The number of piperidine rings is 1. The summed E-state index contributed by atoms with van der Waals surface area (Å²) >= 11 is 0. The normalized spacial score (nSPS) is 38.4. The first-order valence-electron chi connectivity index (χ1n) is 18.4. The highest BCUT2D eigenvalue weighted by Crippen LogP contribution is 2.40. The van der Waals surface area contributed by atoms with Crippen molar-refractivity contribution in [1.82, 2.24) is 40.4 Å². The molecular weight excluding hydrogens is 630 g/mol. The number of hydrogen-bond acceptors (Lipinski definition) is 9. The third kappa shape index (κ3) is 6.40. The Balaban J connectivity index is 1.09. The summed E-state index contributed by atoms with van der Waals surface area (Å²) in [7, 11) is 3.91. The molecule has 4 saturated heterocycles. The lowest BCUT2D eigenvalue weighted by Gasteiger charge is -2.47. The van der Waals surface area contributed by atoms with Crippen LogP contribution in [0.5, 0.6) is 5.75 Å². The van der Waals surface area contributed by atoms with Crippen molar-refractivity contribution >= 4 is 5.91 Å². The van der Waals surface area contributed by atoms with Crippen LogP contribution in [-0.4, -0.2) is 132 Å². The summed E-state index contributed by atoms with van der Waals surface area (Å²) in [5, 5.41) is 16.2. The average molecular weight is 683 g/mol. The number of amides is 1. The molecule has 11 nitrogen and oxygen atoms in total. The number of fused-ring (bicyclic) bond motifs is 8. The molecule has 3 N–H and O–H groups in total. The number of likely N-dealkylation sites (tertiary alicyclic amines) is 1. The van der Waals surface area contributed by atoms with E-state index in [0.29, 0.717) is 49.4 Å². The van der Waals surface area contributed by atoms with E-state index in [1.54, 1.807) is 24.1 Å². The number of rotatable bonds is 2. The largest absolute Gasteiger partial charge is 0.488 e. The first-order valence-corrected chi connectivity index (χ1v) is 18.4. The predicted octanol–water partition coefficient (Wildman–Crippen LogP) is 2.67. The number of carbonyl (C=O) groups excluding carboxylic acids is 1. The van der Waals surface area contributed by atoms with Gasteiger partial charge in [0.25, 0.3) is 5.91 Å². The fourth-order valence-electron chi connectivity index (χ4n) is 10.0. The molecule has 1 saturated carbocycles. The molecule has 11 atom stereocenters. The lowest BCUT2D eigenvalue weighted by molar-refractivity contribution is -0.00381. The van der Waals surface area contributed by atoms with Gasteiger partial charge in [0.05, 0.1) is 35.9 Å². The standard InChI is InChI=1S/C36H52F2N8O3/c1-20-10-32-28(15-39-46(32)31-9-8-22(37)13-33(31)49-20)36(47)45-16-24-14-25(45)17-43(3)18-26(48-4)19-44-21(2)40-30-12-23(38)11-27(35(30)44)29-6-5-7-34(41-24)42-29/h8-9,13,15,20-21,23-27,29-30,34-35,40-42H,5-7,10-12,14,16-19H2,1-4H3/t20?,21?,23?,24-,25-,26+,27?,29?,30?,34?,35?/m0/s1. The van der Waals surface area contributed by atoms with Crippen LogP contribution < -0.4 is 20.7 Å². The van der Waals surface area contributed by atoms with Crippen LogP contribution in [0, 0.1) is 11.7 Å². The van der Waals surface area contributed by atoms with E-state index in [1.165, 1.54) is 12.1 Å². The summed E-state index contributed by atoms with van der Waals surface area (Å²) in [5.74, 6) is 0.217. The summed E-state index contributed by atoms with van der Waals surface area (Å²) in [6.45, 7) is 6.92. The molecule has 1 aromatic heterocycles. The molecule has 6 aliphatic rings. The van der Waals surface area contributed by atoms with Crippen LogP contribution in [0.25, 0.3) is 5.69 Å². The van der Waals surface area contributed by atoms with E-state index in [2.05, 4.69) is 44.8 Å². The summed E-state index contributed by atoms with van der Waals surface area (Å²) in [6.07, 6.45) is 6.42. The minimum atomic E-state index is -0.800. The molecule has 0 radical (unpaired) electrons. The maximum absolute atomic E-state index is 15.3. The van der Waals surface area contributed by atoms with Gasteiger partial charge in [-0.15, -0.1) is 0 Å². The molecule has 1 aromatic carbocycles. The van der Waals surface area contributed by atoms with Crippen LogP contribution in [-0.2, 0) is 11.2 Å². The van der Waals surface area contributed by atoms with Crippen LogP contribution in [0.2, 0.25) is 0 Å². The van der Waals surface area contributed by atoms with E-state index >= 15 is 4.39 Å². The van der Waals surface area contributed by atoms with Crippen molar-refractivity contribution in [2.45, 2.75) is 120 Å². The highest BCUT2D eigenvalue weighted by atomic mass is 19.1. The molecule has 1 aliphatic carbocycles. The van der Waals surface area contributed by atoms with Crippen molar-refractivity contribution in [1.29, 1.82) is 0 Å². The van der Waals surface area contributed by atoms with Gasteiger partial charge in [-0.05, 0) is 77.5 Å². The van der Waals surface area contributed by atoms with Gasteiger partial charge in [-0.25, -0.2) is 13.5 Å². The number of likely N-dealkylation sites (N-methyl/N-ethyl adjacent to an activating group) is 1. The van der Waals surface area contributed by atoms with Gasteiger partial charge in [0, 0.05) is 76.0 Å². The predicted molar refractivity (Wildman–Crippen MR) is 181 cm³/mol. The van der Waals surface area contributed by atoms with E-state index in [4.69, 9.17) is 9.47 Å². The van der Waals surface area contributed by atoms with Gasteiger partial charge in [-0.1, -0.05) is 0 Å². The van der Waals surface area contributed by atoms with E-state index in [9.17, 15) is 9.18 Å². The van der Waals surface area contributed by atoms with E-state index in [-0.39, 0.29) is 72.4 Å². The summed E-state index contributed by atoms with van der Waals surface area (Å²) in [4.78, 5) is 21.5. The van der Waals surface area contributed by atoms with Crippen LogP contribution in [0.3, 0.4) is 0 Å². The van der Waals surface area contributed by atoms with E-state index < -0.39 is 6.17 Å². The third-order valence-corrected chi connectivity index (χ3v) is 12.1. The lowest BCUT2D eigenvalue weighted by atomic mass is 9.74. The zero-order valence-electron chi connectivity index (χ0n) is 29.2. The van der Waals surface area contributed by atoms with Crippen LogP contribution >= 0.6 is 0 Å².